The second-order valence-electron chi connectivity index (χ2n) is 7.91. The van der Waals surface area contributed by atoms with E-state index in [4.69, 9.17) is 16.9 Å². The van der Waals surface area contributed by atoms with E-state index in [1.807, 2.05) is 24.3 Å². The van der Waals surface area contributed by atoms with Crippen molar-refractivity contribution < 1.29 is 4.79 Å². The Morgan fingerprint density at radius 3 is 2.75 bits per heavy atom. The standard InChI is InChI=1S/C23H24ClN7O/c1-17-12-29(13-19-4-2-18(11-25)3-5-19)8-9-30(17)14-23(32)28-21-10-20(24)6-7-22(21)31-16-26-15-27-31/h2-7,10,15-17H,8-9,12-14H2,1H3,(H,28,32)/t17-/m0/s1. The average Bonchev–Trinajstić information content (AvgIpc) is 3.31. The second-order valence-corrected chi connectivity index (χ2v) is 8.35. The first-order valence-corrected chi connectivity index (χ1v) is 10.8. The van der Waals surface area contributed by atoms with Crippen molar-refractivity contribution in [3.8, 4) is 11.8 Å². The molecule has 1 aromatic heterocycles. The molecule has 2 aromatic carbocycles. The zero-order valence-corrected chi connectivity index (χ0v) is 18.5. The van der Waals surface area contributed by atoms with Gasteiger partial charge in [0.25, 0.3) is 0 Å². The van der Waals surface area contributed by atoms with E-state index in [9.17, 15) is 4.79 Å². The normalized spacial score (nSPS) is 17.1. The molecular weight excluding hydrogens is 426 g/mol. The highest BCUT2D eigenvalue weighted by molar-refractivity contribution is 6.31. The first kappa shape index (κ1) is 22.0. The number of amides is 1. The van der Waals surface area contributed by atoms with Crippen molar-refractivity contribution in [3.05, 3.63) is 71.3 Å². The highest BCUT2D eigenvalue weighted by Crippen LogP contribution is 2.24. The van der Waals surface area contributed by atoms with Crippen LogP contribution in [0.4, 0.5) is 5.69 Å². The van der Waals surface area contributed by atoms with Crippen LogP contribution in [0, 0.1) is 11.3 Å². The van der Waals surface area contributed by atoms with Crippen molar-refractivity contribution in [1.29, 1.82) is 5.26 Å². The Kier molecular flexibility index (Phi) is 6.81. The van der Waals surface area contributed by atoms with Gasteiger partial charge in [0.15, 0.2) is 0 Å². The number of carbonyl (C=O) groups is 1. The molecule has 1 N–H and O–H groups in total. The Balaban J connectivity index is 1.34. The van der Waals surface area contributed by atoms with E-state index in [0.29, 0.717) is 28.5 Å². The van der Waals surface area contributed by atoms with Crippen LogP contribution in [0.25, 0.3) is 5.69 Å². The Hall–Kier alpha value is -3.25. The van der Waals surface area contributed by atoms with Crippen LogP contribution in [0.3, 0.4) is 0 Å². The topological polar surface area (TPSA) is 90.1 Å². The molecule has 1 aliphatic rings. The van der Waals surface area contributed by atoms with E-state index in [2.05, 4.69) is 38.2 Å². The quantitative estimate of drug-likeness (QED) is 0.622. The largest absolute Gasteiger partial charge is 0.323 e. The number of nitrogens with zero attached hydrogens (tertiary/aromatic N) is 6. The molecule has 1 atom stereocenters. The van der Waals surface area contributed by atoms with Crippen molar-refractivity contribution in [3.63, 3.8) is 0 Å². The van der Waals surface area contributed by atoms with Crippen molar-refractivity contribution >= 4 is 23.2 Å². The molecule has 2 heterocycles. The minimum absolute atomic E-state index is 0.0963. The Morgan fingerprint density at radius 1 is 1.25 bits per heavy atom. The molecule has 4 rings (SSSR count). The molecule has 0 saturated carbocycles. The predicted octanol–water partition coefficient (Wildman–Crippen LogP) is 2.94. The van der Waals surface area contributed by atoms with Gasteiger partial charge in [-0.3, -0.25) is 14.6 Å². The van der Waals surface area contributed by atoms with Gasteiger partial charge >= 0.3 is 0 Å². The molecule has 164 valence electrons. The molecule has 1 fully saturated rings. The third-order valence-electron chi connectivity index (χ3n) is 5.58. The molecule has 0 aliphatic carbocycles. The lowest BCUT2D eigenvalue weighted by atomic mass is 10.1. The lowest BCUT2D eigenvalue weighted by molar-refractivity contribution is -0.118. The van der Waals surface area contributed by atoms with Gasteiger partial charge in [-0.1, -0.05) is 23.7 Å². The fraction of sp³-hybridized carbons (Fsp3) is 0.304. The molecule has 1 saturated heterocycles. The summed E-state index contributed by atoms with van der Waals surface area (Å²) >= 11 is 6.15. The van der Waals surface area contributed by atoms with Crippen LogP contribution in [-0.4, -0.2) is 62.7 Å². The molecule has 0 radical (unpaired) electrons. The highest BCUT2D eigenvalue weighted by atomic mass is 35.5. The van der Waals surface area contributed by atoms with Gasteiger partial charge in [0.2, 0.25) is 5.91 Å². The number of nitrogens with one attached hydrogen (secondary N) is 1. The summed E-state index contributed by atoms with van der Waals surface area (Å²) < 4.78 is 1.59. The van der Waals surface area contributed by atoms with Gasteiger partial charge in [0, 0.05) is 37.2 Å². The van der Waals surface area contributed by atoms with Crippen LogP contribution in [0.1, 0.15) is 18.1 Å². The number of aromatic nitrogens is 3. The number of carbonyl (C=O) groups excluding carboxylic acids is 1. The molecule has 0 bridgehead atoms. The summed E-state index contributed by atoms with van der Waals surface area (Å²) in [5.41, 5.74) is 3.16. The van der Waals surface area contributed by atoms with Gasteiger partial charge in [0.1, 0.15) is 12.7 Å². The summed E-state index contributed by atoms with van der Waals surface area (Å²) in [4.78, 5) is 21.3. The van der Waals surface area contributed by atoms with E-state index in [1.165, 1.54) is 11.9 Å². The third-order valence-corrected chi connectivity index (χ3v) is 5.82. The van der Waals surface area contributed by atoms with Gasteiger partial charge < -0.3 is 5.32 Å². The van der Waals surface area contributed by atoms with Crippen molar-refractivity contribution in [2.24, 2.45) is 0 Å². The second kappa shape index (κ2) is 9.92. The molecule has 3 aromatic rings. The SMILES string of the molecule is C[C@H]1CN(Cc2ccc(C#N)cc2)CCN1CC(=O)Nc1cc(Cl)ccc1-n1cncn1. The van der Waals surface area contributed by atoms with E-state index < -0.39 is 0 Å². The molecular formula is C23H24ClN7O. The number of benzene rings is 2. The van der Waals surface area contributed by atoms with Gasteiger partial charge in [-0.25, -0.2) is 9.67 Å². The van der Waals surface area contributed by atoms with Gasteiger partial charge in [-0.2, -0.15) is 10.4 Å². The number of hydrogen-bond donors (Lipinski definition) is 1. The van der Waals surface area contributed by atoms with E-state index in [-0.39, 0.29) is 11.9 Å². The zero-order chi connectivity index (χ0) is 22.5. The maximum absolute atomic E-state index is 12.8. The van der Waals surface area contributed by atoms with Crippen LogP contribution in [0.15, 0.2) is 55.1 Å². The average molecular weight is 450 g/mol. The zero-order valence-electron chi connectivity index (χ0n) is 17.8. The number of halogens is 1. The highest BCUT2D eigenvalue weighted by Gasteiger charge is 2.25. The predicted molar refractivity (Wildman–Crippen MR) is 122 cm³/mol. The van der Waals surface area contributed by atoms with Crippen LogP contribution in [0.2, 0.25) is 5.02 Å². The maximum Gasteiger partial charge on any atom is 0.238 e. The van der Waals surface area contributed by atoms with Gasteiger partial charge in [0.05, 0.1) is 29.6 Å². The fourth-order valence-corrected chi connectivity index (χ4v) is 4.08. The van der Waals surface area contributed by atoms with Crippen LogP contribution >= 0.6 is 11.6 Å². The Labute approximate surface area is 192 Å². The molecule has 0 spiro atoms. The number of anilines is 1. The molecule has 1 amide bonds. The van der Waals surface area contributed by atoms with Crippen molar-refractivity contribution in [2.75, 3.05) is 31.5 Å². The smallest absolute Gasteiger partial charge is 0.238 e. The molecule has 1 aliphatic heterocycles. The molecule has 9 heteroatoms. The summed E-state index contributed by atoms with van der Waals surface area (Å²) in [6, 6.07) is 15.4. The summed E-state index contributed by atoms with van der Waals surface area (Å²) in [6.45, 7) is 5.82. The maximum atomic E-state index is 12.8. The van der Waals surface area contributed by atoms with E-state index in [0.717, 1.165) is 26.2 Å². The van der Waals surface area contributed by atoms with Crippen LogP contribution in [-0.2, 0) is 11.3 Å². The lowest BCUT2D eigenvalue weighted by Crippen LogP contribution is -2.53. The Bertz CT molecular complexity index is 1110. The third kappa shape index (κ3) is 5.32. The summed E-state index contributed by atoms with van der Waals surface area (Å²) in [5, 5.41) is 16.6. The minimum atomic E-state index is -0.0963. The summed E-state index contributed by atoms with van der Waals surface area (Å²) in [6.07, 6.45) is 3.02. The van der Waals surface area contributed by atoms with E-state index >= 15 is 0 Å². The van der Waals surface area contributed by atoms with Crippen molar-refractivity contribution in [1.82, 2.24) is 24.6 Å². The van der Waals surface area contributed by atoms with Crippen LogP contribution < -0.4 is 5.32 Å². The Morgan fingerprint density at radius 2 is 2.06 bits per heavy atom. The number of piperazine rings is 1. The molecule has 32 heavy (non-hydrogen) atoms. The number of nitriles is 1. The molecule has 0 unspecified atom stereocenters. The fourth-order valence-electron chi connectivity index (χ4n) is 3.91. The first-order chi connectivity index (χ1) is 15.5. The summed E-state index contributed by atoms with van der Waals surface area (Å²) in [7, 11) is 0. The van der Waals surface area contributed by atoms with Gasteiger partial charge in [-0.15, -0.1) is 0 Å². The number of rotatable bonds is 6. The first-order valence-electron chi connectivity index (χ1n) is 10.4. The monoisotopic (exact) mass is 449 g/mol. The molecule has 8 nitrogen and oxygen atoms in total. The van der Waals surface area contributed by atoms with Crippen LogP contribution in [0.5, 0.6) is 0 Å². The minimum Gasteiger partial charge on any atom is -0.323 e. The lowest BCUT2D eigenvalue weighted by Gasteiger charge is -2.39. The van der Waals surface area contributed by atoms with E-state index in [1.54, 1.807) is 29.2 Å². The summed E-state index contributed by atoms with van der Waals surface area (Å²) in [5.74, 6) is -0.0963. The van der Waals surface area contributed by atoms with Gasteiger partial charge in [-0.05, 0) is 42.8 Å². The van der Waals surface area contributed by atoms with Crippen molar-refractivity contribution in [2.45, 2.75) is 19.5 Å². The number of hydrogen-bond acceptors (Lipinski definition) is 6.